The van der Waals surface area contributed by atoms with Gasteiger partial charge in [0.25, 0.3) is 0 Å². The van der Waals surface area contributed by atoms with Crippen LogP contribution in [0.15, 0.2) is 24.3 Å². The maximum absolute atomic E-state index is 10.7. The average Bonchev–Trinajstić information content (AvgIpc) is 3.01. The average molecular weight is 332 g/mol. The number of hydrogen-bond donors (Lipinski definition) is 1. The summed E-state index contributed by atoms with van der Waals surface area (Å²) in [5, 5.41) is 10.7. The normalized spacial score (nSPS) is 30.2. The molecule has 1 aliphatic heterocycles. The predicted molar refractivity (Wildman–Crippen MR) is 99.6 cm³/mol. The molecule has 1 spiro atoms. The third-order valence-corrected chi connectivity index (χ3v) is 6.29. The third kappa shape index (κ3) is 3.94. The Morgan fingerprint density at radius 1 is 1.08 bits per heavy atom. The molecule has 1 aromatic rings. The summed E-state index contributed by atoms with van der Waals surface area (Å²) in [6.45, 7) is 5.28. The van der Waals surface area contributed by atoms with E-state index in [1.54, 1.807) is 7.11 Å². The van der Waals surface area contributed by atoms with Gasteiger partial charge in [0.1, 0.15) is 0 Å². The van der Waals surface area contributed by atoms with Gasteiger partial charge in [-0.3, -0.25) is 0 Å². The minimum absolute atomic E-state index is 0.379. The molecule has 1 aliphatic carbocycles. The second-order valence-electron chi connectivity index (χ2n) is 8.06. The maximum Gasteiger partial charge on any atom is 0.0648 e. The van der Waals surface area contributed by atoms with E-state index in [1.807, 2.05) is 0 Å². The van der Waals surface area contributed by atoms with Crippen LogP contribution in [0.2, 0.25) is 0 Å². The number of hydrogen-bond acceptors (Lipinski definition) is 3. The summed E-state index contributed by atoms with van der Waals surface area (Å²) in [4.78, 5) is 2.55. The zero-order chi connectivity index (χ0) is 17.0. The number of methoxy groups -OCH3 is 1. The molecule has 2 fully saturated rings. The van der Waals surface area contributed by atoms with Crippen LogP contribution in [0.4, 0.5) is 5.69 Å². The lowest BCUT2D eigenvalue weighted by atomic mass is 9.67. The van der Waals surface area contributed by atoms with Gasteiger partial charge in [0.2, 0.25) is 0 Å². The SMILES string of the molecule is CCC[C@]1(O)CC[C@]2(CCN(c3ccc(CCOC)cc3)C2)CC1. The molecule has 3 heteroatoms. The molecule has 1 saturated heterocycles. The van der Waals surface area contributed by atoms with Crippen LogP contribution in [0.1, 0.15) is 57.4 Å². The predicted octanol–water partition coefficient (Wildman–Crippen LogP) is 4.18. The lowest BCUT2D eigenvalue weighted by molar-refractivity contribution is -0.0357. The Morgan fingerprint density at radius 2 is 1.79 bits per heavy atom. The van der Waals surface area contributed by atoms with Crippen LogP contribution >= 0.6 is 0 Å². The van der Waals surface area contributed by atoms with Crippen LogP contribution in [0.5, 0.6) is 0 Å². The fraction of sp³-hybridized carbons (Fsp3) is 0.714. The highest BCUT2D eigenvalue weighted by molar-refractivity contribution is 5.49. The molecule has 1 saturated carbocycles. The van der Waals surface area contributed by atoms with Gasteiger partial charge in [-0.25, -0.2) is 0 Å². The van der Waals surface area contributed by atoms with Gasteiger partial charge in [0, 0.05) is 25.9 Å². The molecule has 0 aromatic heterocycles. The first-order valence-electron chi connectivity index (χ1n) is 9.63. The Morgan fingerprint density at radius 3 is 2.42 bits per heavy atom. The molecular formula is C21H33NO2. The molecule has 1 heterocycles. The van der Waals surface area contributed by atoms with Gasteiger partial charge >= 0.3 is 0 Å². The van der Waals surface area contributed by atoms with Crippen molar-refractivity contribution in [2.45, 2.75) is 63.9 Å². The molecule has 3 rings (SSSR count). The highest BCUT2D eigenvalue weighted by atomic mass is 16.5. The Bertz CT molecular complexity index is 517. The second-order valence-corrected chi connectivity index (χ2v) is 8.06. The Labute approximate surface area is 147 Å². The molecule has 0 bridgehead atoms. The topological polar surface area (TPSA) is 32.7 Å². The quantitative estimate of drug-likeness (QED) is 0.849. The van der Waals surface area contributed by atoms with Crippen molar-refractivity contribution in [2.24, 2.45) is 5.41 Å². The van der Waals surface area contributed by atoms with E-state index in [9.17, 15) is 5.11 Å². The van der Waals surface area contributed by atoms with E-state index >= 15 is 0 Å². The van der Waals surface area contributed by atoms with E-state index in [0.29, 0.717) is 5.41 Å². The zero-order valence-corrected chi connectivity index (χ0v) is 15.4. The van der Waals surface area contributed by atoms with Crippen molar-refractivity contribution in [3.05, 3.63) is 29.8 Å². The van der Waals surface area contributed by atoms with E-state index < -0.39 is 0 Å². The Kier molecular flexibility index (Phi) is 5.51. The largest absolute Gasteiger partial charge is 0.390 e. The molecule has 0 amide bonds. The van der Waals surface area contributed by atoms with Crippen LogP contribution in [-0.4, -0.2) is 37.5 Å². The second kappa shape index (κ2) is 7.45. The van der Waals surface area contributed by atoms with Crippen molar-refractivity contribution in [3.63, 3.8) is 0 Å². The van der Waals surface area contributed by atoms with Gasteiger partial charge in [-0.15, -0.1) is 0 Å². The summed E-state index contributed by atoms with van der Waals surface area (Å²) in [5.41, 5.74) is 2.75. The maximum atomic E-state index is 10.7. The summed E-state index contributed by atoms with van der Waals surface area (Å²) in [6.07, 6.45) is 8.67. The van der Waals surface area contributed by atoms with Crippen molar-refractivity contribution in [1.29, 1.82) is 0 Å². The van der Waals surface area contributed by atoms with E-state index in [-0.39, 0.29) is 5.60 Å². The lowest BCUT2D eigenvalue weighted by Gasteiger charge is -2.42. The molecule has 0 unspecified atom stereocenters. The number of benzene rings is 1. The first-order valence-corrected chi connectivity index (χ1v) is 9.63. The van der Waals surface area contributed by atoms with Gasteiger partial charge in [-0.1, -0.05) is 25.5 Å². The molecule has 1 aromatic carbocycles. The minimum Gasteiger partial charge on any atom is -0.390 e. The molecule has 24 heavy (non-hydrogen) atoms. The molecule has 134 valence electrons. The Balaban J connectivity index is 1.57. The number of nitrogens with zero attached hydrogens (tertiary/aromatic N) is 1. The summed E-state index contributed by atoms with van der Waals surface area (Å²) in [7, 11) is 1.75. The summed E-state index contributed by atoms with van der Waals surface area (Å²) < 4.78 is 5.15. The number of anilines is 1. The molecule has 1 N–H and O–H groups in total. The van der Waals surface area contributed by atoms with Crippen LogP contribution < -0.4 is 4.90 Å². The summed E-state index contributed by atoms with van der Waals surface area (Å²) in [6, 6.07) is 9.00. The molecular weight excluding hydrogens is 298 g/mol. The molecule has 0 atom stereocenters. The Hall–Kier alpha value is -1.06. The smallest absolute Gasteiger partial charge is 0.0648 e. The monoisotopic (exact) mass is 331 g/mol. The fourth-order valence-corrected chi connectivity index (χ4v) is 4.62. The van der Waals surface area contributed by atoms with Crippen molar-refractivity contribution in [3.8, 4) is 0 Å². The first-order chi connectivity index (χ1) is 11.6. The van der Waals surface area contributed by atoms with Gasteiger partial charge in [-0.05, 0) is 68.1 Å². The van der Waals surface area contributed by atoms with Crippen molar-refractivity contribution in [1.82, 2.24) is 0 Å². The van der Waals surface area contributed by atoms with E-state index in [2.05, 4.69) is 36.1 Å². The molecule has 3 nitrogen and oxygen atoms in total. The van der Waals surface area contributed by atoms with Gasteiger partial charge in [0.05, 0.1) is 12.2 Å². The van der Waals surface area contributed by atoms with Crippen LogP contribution in [0.25, 0.3) is 0 Å². The number of aliphatic hydroxyl groups is 1. The van der Waals surface area contributed by atoms with Crippen molar-refractivity contribution in [2.75, 3.05) is 31.7 Å². The zero-order valence-electron chi connectivity index (χ0n) is 15.4. The van der Waals surface area contributed by atoms with E-state index in [4.69, 9.17) is 4.74 Å². The van der Waals surface area contributed by atoms with Crippen LogP contribution in [-0.2, 0) is 11.2 Å². The minimum atomic E-state index is -0.379. The van der Waals surface area contributed by atoms with Crippen LogP contribution in [0.3, 0.4) is 0 Å². The standard InChI is InChI=1S/C21H33NO2/c1-3-9-21(23)12-10-20(11-13-21)14-15-22(17-20)19-6-4-18(5-7-19)8-16-24-2/h4-7,23H,3,8-17H2,1-2H3/t20-,21+. The van der Waals surface area contributed by atoms with Gasteiger partial charge in [0.15, 0.2) is 0 Å². The number of ether oxygens (including phenoxy) is 1. The molecule has 0 radical (unpaired) electrons. The van der Waals surface area contributed by atoms with Crippen LogP contribution in [0, 0.1) is 5.41 Å². The van der Waals surface area contributed by atoms with E-state index in [0.717, 1.165) is 51.8 Å². The van der Waals surface area contributed by atoms with Crippen molar-refractivity contribution >= 4 is 5.69 Å². The van der Waals surface area contributed by atoms with Gasteiger partial charge in [-0.2, -0.15) is 0 Å². The fourth-order valence-electron chi connectivity index (χ4n) is 4.62. The van der Waals surface area contributed by atoms with E-state index in [1.165, 1.54) is 30.5 Å². The first kappa shape index (κ1) is 17.8. The summed E-state index contributed by atoms with van der Waals surface area (Å²) >= 11 is 0. The number of rotatable bonds is 6. The highest BCUT2D eigenvalue weighted by Crippen LogP contribution is 2.48. The van der Waals surface area contributed by atoms with Crippen molar-refractivity contribution < 1.29 is 9.84 Å². The molecule has 2 aliphatic rings. The third-order valence-electron chi connectivity index (χ3n) is 6.29. The highest BCUT2D eigenvalue weighted by Gasteiger charge is 2.44. The van der Waals surface area contributed by atoms with Gasteiger partial charge < -0.3 is 14.7 Å². The lowest BCUT2D eigenvalue weighted by Crippen LogP contribution is -2.40. The summed E-state index contributed by atoms with van der Waals surface area (Å²) in [5.74, 6) is 0.